The quantitative estimate of drug-likeness (QED) is 0.863. The lowest BCUT2D eigenvalue weighted by molar-refractivity contribution is -0.134. The molecule has 146 valence electrons. The van der Waals surface area contributed by atoms with E-state index in [0.29, 0.717) is 43.6 Å². The van der Waals surface area contributed by atoms with Crippen LogP contribution in [0.4, 0.5) is 10.1 Å². The highest BCUT2D eigenvalue weighted by Crippen LogP contribution is 2.49. The van der Waals surface area contributed by atoms with Gasteiger partial charge in [0.15, 0.2) is 0 Å². The van der Waals surface area contributed by atoms with Gasteiger partial charge >= 0.3 is 0 Å². The van der Waals surface area contributed by atoms with Crippen molar-refractivity contribution >= 4 is 17.5 Å². The number of hydrogen-bond acceptors (Lipinski definition) is 3. The number of carbonyl (C=O) groups excluding carboxylic acids is 2. The zero-order valence-corrected chi connectivity index (χ0v) is 15.7. The van der Waals surface area contributed by atoms with E-state index in [1.54, 1.807) is 12.1 Å². The second-order valence-corrected chi connectivity index (χ2v) is 8.35. The van der Waals surface area contributed by atoms with Gasteiger partial charge in [-0.1, -0.05) is 6.42 Å². The zero-order valence-electron chi connectivity index (χ0n) is 15.7. The largest absolute Gasteiger partial charge is 0.340 e. The third-order valence-corrected chi connectivity index (χ3v) is 6.54. The topological polar surface area (TPSA) is 52.7 Å². The number of nitrogens with one attached hydrogen (secondary N) is 1. The van der Waals surface area contributed by atoms with Crippen LogP contribution in [0.2, 0.25) is 0 Å². The molecule has 1 heterocycles. The molecule has 0 spiro atoms. The highest BCUT2D eigenvalue weighted by Gasteiger charge is 2.40. The lowest BCUT2D eigenvalue weighted by atomic mass is 9.86. The fourth-order valence-electron chi connectivity index (χ4n) is 5.07. The predicted octanol–water partition coefficient (Wildman–Crippen LogP) is 2.73. The zero-order chi connectivity index (χ0) is 18.8. The van der Waals surface area contributed by atoms with E-state index >= 15 is 0 Å². The Morgan fingerprint density at radius 2 is 1.78 bits per heavy atom. The first-order valence-corrected chi connectivity index (χ1v) is 10.1. The molecule has 0 aromatic heterocycles. The van der Waals surface area contributed by atoms with Gasteiger partial charge in [0.2, 0.25) is 11.8 Å². The Morgan fingerprint density at radius 1 is 1.04 bits per heavy atom. The number of rotatable bonds is 5. The summed E-state index contributed by atoms with van der Waals surface area (Å²) in [6, 6.07) is 5.77. The molecule has 2 bridgehead atoms. The van der Waals surface area contributed by atoms with Crippen LogP contribution in [-0.4, -0.2) is 54.3 Å². The lowest BCUT2D eigenvalue weighted by Gasteiger charge is -2.35. The van der Waals surface area contributed by atoms with E-state index in [0.717, 1.165) is 24.9 Å². The Hall–Kier alpha value is -1.95. The van der Waals surface area contributed by atoms with Gasteiger partial charge in [0, 0.05) is 38.3 Å². The van der Waals surface area contributed by atoms with E-state index < -0.39 is 0 Å². The van der Waals surface area contributed by atoms with Crippen LogP contribution in [0.5, 0.6) is 0 Å². The van der Waals surface area contributed by atoms with E-state index in [1.807, 2.05) is 4.90 Å². The van der Waals surface area contributed by atoms with E-state index in [4.69, 9.17) is 0 Å². The van der Waals surface area contributed by atoms with Crippen LogP contribution in [-0.2, 0) is 9.59 Å². The number of amides is 2. The van der Waals surface area contributed by atoms with Crippen LogP contribution in [0.25, 0.3) is 0 Å². The summed E-state index contributed by atoms with van der Waals surface area (Å²) in [7, 11) is 0. The molecule has 0 radical (unpaired) electrons. The molecule has 1 aromatic rings. The highest BCUT2D eigenvalue weighted by atomic mass is 19.1. The van der Waals surface area contributed by atoms with Gasteiger partial charge in [0.05, 0.1) is 6.54 Å². The second kappa shape index (κ2) is 7.97. The first-order chi connectivity index (χ1) is 13.1. The first kappa shape index (κ1) is 18.4. The van der Waals surface area contributed by atoms with E-state index in [1.165, 1.54) is 37.8 Å². The van der Waals surface area contributed by atoms with Crippen molar-refractivity contribution in [2.45, 2.75) is 32.1 Å². The fraction of sp³-hybridized carbons (Fsp3) is 0.619. The van der Waals surface area contributed by atoms with Crippen molar-refractivity contribution in [3.05, 3.63) is 30.1 Å². The number of hydrogen-bond donors (Lipinski definition) is 1. The normalized spacial score (nSPS) is 27.7. The molecule has 1 aliphatic heterocycles. The van der Waals surface area contributed by atoms with E-state index in [9.17, 15) is 14.0 Å². The molecule has 4 rings (SSSR count). The lowest BCUT2D eigenvalue weighted by Crippen LogP contribution is -2.50. The Morgan fingerprint density at radius 3 is 2.41 bits per heavy atom. The number of carbonyl (C=O) groups is 2. The standard InChI is InChI=1S/C21H28FN3O2/c22-18-3-5-19(6-4-18)23-20(26)14-24-7-9-25(10-8-24)21(27)13-17-12-15-1-2-16(17)11-15/h3-6,15-17H,1-2,7-14H2,(H,23,26)/t15-,16-,17+/m1/s1. The average Bonchev–Trinajstić information content (AvgIpc) is 3.27. The van der Waals surface area contributed by atoms with Gasteiger partial charge in [0.1, 0.15) is 5.82 Å². The van der Waals surface area contributed by atoms with Crippen molar-refractivity contribution in [1.29, 1.82) is 0 Å². The molecule has 3 fully saturated rings. The minimum atomic E-state index is -0.320. The number of halogens is 1. The maximum atomic E-state index is 12.9. The van der Waals surface area contributed by atoms with Gasteiger partial charge in [-0.25, -0.2) is 4.39 Å². The smallest absolute Gasteiger partial charge is 0.238 e. The van der Waals surface area contributed by atoms with Gasteiger partial charge in [0.25, 0.3) is 0 Å². The molecule has 1 aromatic carbocycles. The second-order valence-electron chi connectivity index (χ2n) is 8.35. The van der Waals surface area contributed by atoms with Crippen molar-refractivity contribution in [2.75, 3.05) is 38.0 Å². The summed E-state index contributed by atoms with van der Waals surface area (Å²) in [6.07, 6.45) is 5.99. The third kappa shape index (κ3) is 4.49. The summed E-state index contributed by atoms with van der Waals surface area (Å²) in [5.41, 5.74) is 0.598. The van der Waals surface area contributed by atoms with Gasteiger partial charge in [-0.05, 0) is 61.3 Å². The molecule has 3 atom stereocenters. The van der Waals surface area contributed by atoms with Crippen molar-refractivity contribution in [2.24, 2.45) is 17.8 Å². The molecule has 3 aliphatic rings. The maximum absolute atomic E-state index is 12.9. The van der Waals surface area contributed by atoms with Gasteiger partial charge in [-0.2, -0.15) is 0 Å². The molecule has 0 unspecified atom stereocenters. The van der Waals surface area contributed by atoms with E-state index in [-0.39, 0.29) is 11.7 Å². The average molecular weight is 373 g/mol. The molecular weight excluding hydrogens is 345 g/mol. The number of fused-ring (bicyclic) bond motifs is 2. The van der Waals surface area contributed by atoms with Crippen LogP contribution >= 0.6 is 0 Å². The summed E-state index contributed by atoms with van der Waals surface area (Å²) < 4.78 is 12.9. The molecule has 2 saturated carbocycles. The van der Waals surface area contributed by atoms with Crippen LogP contribution in [0.3, 0.4) is 0 Å². The van der Waals surface area contributed by atoms with Gasteiger partial charge < -0.3 is 10.2 Å². The molecular formula is C21H28FN3O2. The van der Waals surface area contributed by atoms with Crippen molar-refractivity contribution in [1.82, 2.24) is 9.80 Å². The summed E-state index contributed by atoms with van der Waals surface area (Å²) in [4.78, 5) is 28.8. The van der Waals surface area contributed by atoms with E-state index in [2.05, 4.69) is 10.2 Å². The first-order valence-electron chi connectivity index (χ1n) is 10.1. The minimum absolute atomic E-state index is 0.108. The third-order valence-electron chi connectivity index (χ3n) is 6.54. The van der Waals surface area contributed by atoms with Gasteiger partial charge in [-0.15, -0.1) is 0 Å². The van der Waals surface area contributed by atoms with Crippen LogP contribution in [0.15, 0.2) is 24.3 Å². The number of anilines is 1. The number of piperazine rings is 1. The molecule has 27 heavy (non-hydrogen) atoms. The molecule has 1 saturated heterocycles. The molecule has 6 heteroatoms. The molecule has 5 nitrogen and oxygen atoms in total. The fourth-order valence-corrected chi connectivity index (χ4v) is 5.07. The Kier molecular flexibility index (Phi) is 5.43. The van der Waals surface area contributed by atoms with Crippen LogP contribution in [0.1, 0.15) is 32.1 Å². The Bertz CT molecular complexity index is 685. The van der Waals surface area contributed by atoms with Crippen molar-refractivity contribution in [3.8, 4) is 0 Å². The summed E-state index contributed by atoms with van der Waals surface area (Å²) in [6.45, 7) is 3.14. The number of nitrogens with zero attached hydrogens (tertiary/aromatic N) is 2. The Labute approximate surface area is 159 Å². The maximum Gasteiger partial charge on any atom is 0.238 e. The van der Waals surface area contributed by atoms with Gasteiger partial charge in [-0.3, -0.25) is 14.5 Å². The number of benzene rings is 1. The molecule has 2 amide bonds. The minimum Gasteiger partial charge on any atom is -0.340 e. The summed E-state index contributed by atoms with van der Waals surface area (Å²) in [5.74, 6) is 2.14. The summed E-state index contributed by atoms with van der Waals surface area (Å²) >= 11 is 0. The van der Waals surface area contributed by atoms with Crippen LogP contribution in [0, 0.1) is 23.6 Å². The molecule has 2 aliphatic carbocycles. The van der Waals surface area contributed by atoms with Crippen molar-refractivity contribution < 1.29 is 14.0 Å². The van der Waals surface area contributed by atoms with Crippen molar-refractivity contribution in [3.63, 3.8) is 0 Å². The van der Waals surface area contributed by atoms with Crippen LogP contribution < -0.4 is 5.32 Å². The predicted molar refractivity (Wildman–Crippen MR) is 102 cm³/mol. The molecule has 1 N–H and O–H groups in total. The summed E-state index contributed by atoms with van der Waals surface area (Å²) in [5, 5.41) is 2.79. The SMILES string of the molecule is O=C(CN1CCN(C(=O)C[C@@H]2C[C@@H]3CC[C@@H]2C3)CC1)Nc1ccc(F)cc1. The monoisotopic (exact) mass is 373 g/mol. The highest BCUT2D eigenvalue weighted by molar-refractivity contribution is 5.92. The Balaban J connectivity index is 1.19.